The van der Waals surface area contributed by atoms with E-state index in [1.807, 2.05) is 32.0 Å². The van der Waals surface area contributed by atoms with Crippen LogP contribution in [0.5, 0.6) is 0 Å². The zero-order chi connectivity index (χ0) is 20.8. The van der Waals surface area contributed by atoms with E-state index < -0.39 is 11.9 Å². The Hall–Kier alpha value is -3.74. The summed E-state index contributed by atoms with van der Waals surface area (Å²) in [7, 11) is 0. The van der Waals surface area contributed by atoms with Gasteiger partial charge in [0.05, 0.1) is 17.9 Å². The maximum Gasteiger partial charge on any atom is 0.340 e. The molecular weight excluding hydrogens is 368 g/mol. The van der Waals surface area contributed by atoms with Crippen LogP contribution >= 0.6 is 0 Å². The molecule has 1 heterocycles. The number of para-hydroxylation sites is 1. The lowest BCUT2D eigenvalue weighted by Gasteiger charge is -2.11. The number of hydrogen-bond donors (Lipinski definition) is 2. The Morgan fingerprint density at radius 1 is 1.03 bits per heavy atom. The van der Waals surface area contributed by atoms with Gasteiger partial charge in [-0.2, -0.15) is 0 Å². The maximum atomic E-state index is 12.7. The molecule has 0 spiro atoms. The average Bonchev–Trinajstić information content (AvgIpc) is 2.71. The van der Waals surface area contributed by atoms with Crippen LogP contribution in [-0.4, -0.2) is 28.5 Å². The molecule has 7 heteroatoms. The van der Waals surface area contributed by atoms with E-state index in [0.29, 0.717) is 11.6 Å². The van der Waals surface area contributed by atoms with E-state index in [-0.39, 0.29) is 17.9 Å². The molecule has 0 aliphatic carbocycles. The molecule has 2 aromatic carbocycles. The quantitative estimate of drug-likeness (QED) is 0.611. The number of nitrogens with zero attached hydrogens (tertiary/aromatic N) is 2. The Bertz CT molecular complexity index is 1050. The van der Waals surface area contributed by atoms with Crippen molar-refractivity contribution >= 4 is 29.2 Å². The Kier molecular flexibility index (Phi) is 6.19. The lowest BCUT2D eigenvalue weighted by atomic mass is 10.1. The van der Waals surface area contributed by atoms with Gasteiger partial charge in [0, 0.05) is 11.9 Å². The van der Waals surface area contributed by atoms with Crippen LogP contribution < -0.4 is 10.6 Å². The maximum absolute atomic E-state index is 12.7. The molecule has 2 N–H and O–H groups in total. The molecule has 29 heavy (non-hydrogen) atoms. The van der Waals surface area contributed by atoms with Crippen LogP contribution in [0.4, 0.5) is 17.3 Å². The molecule has 7 nitrogen and oxygen atoms in total. The zero-order valence-corrected chi connectivity index (χ0v) is 16.5. The van der Waals surface area contributed by atoms with Gasteiger partial charge in [0.1, 0.15) is 5.69 Å². The smallest absolute Gasteiger partial charge is 0.340 e. The standard InChI is InChI=1S/C22H22N4O3/c1-4-29-21(28)16-7-5-6-8-17(16)24-20(27)18-11-12-23-22(25-18)26-19-13-14(2)9-10-15(19)3/h5-13H,4H2,1-3H3,(H,24,27)(H,23,25,26). The molecule has 148 valence electrons. The van der Waals surface area contributed by atoms with E-state index in [9.17, 15) is 9.59 Å². The van der Waals surface area contributed by atoms with E-state index in [2.05, 4.69) is 20.6 Å². The van der Waals surface area contributed by atoms with E-state index in [1.165, 1.54) is 12.3 Å². The third-order valence-corrected chi connectivity index (χ3v) is 4.20. The molecule has 3 aromatic rings. The monoisotopic (exact) mass is 390 g/mol. The Morgan fingerprint density at radius 3 is 2.62 bits per heavy atom. The second kappa shape index (κ2) is 8.97. The van der Waals surface area contributed by atoms with E-state index >= 15 is 0 Å². The second-order valence-corrected chi connectivity index (χ2v) is 6.43. The zero-order valence-electron chi connectivity index (χ0n) is 16.5. The van der Waals surface area contributed by atoms with Gasteiger partial charge in [-0.3, -0.25) is 4.79 Å². The van der Waals surface area contributed by atoms with Crippen molar-refractivity contribution in [3.63, 3.8) is 0 Å². The molecule has 0 aliphatic rings. The summed E-state index contributed by atoms with van der Waals surface area (Å²) in [6, 6.07) is 14.2. The first-order valence-corrected chi connectivity index (χ1v) is 9.22. The number of anilines is 3. The molecule has 3 rings (SSSR count). The van der Waals surface area contributed by atoms with Crippen molar-refractivity contribution in [2.24, 2.45) is 0 Å². The molecule has 0 saturated carbocycles. The number of ether oxygens (including phenoxy) is 1. The number of nitrogens with one attached hydrogen (secondary N) is 2. The van der Waals surface area contributed by atoms with Gasteiger partial charge in [0.25, 0.3) is 5.91 Å². The van der Waals surface area contributed by atoms with Gasteiger partial charge < -0.3 is 15.4 Å². The number of aromatic nitrogens is 2. The summed E-state index contributed by atoms with van der Waals surface area (Å²) in [6.07, 6.45) is 1.51. The summed E-state index contributed by atoms with van der Waals surface area (Å²) < 4.78 is 5.04. The Balaban J connectivity index is 1.80. The Morgan fingerprint density at radius 2 is 1.83 bits per heavy atom. The fourth-order valence-electron chi connectivity index (χ4n) is 2.70. The first-order chi connectivity index (χ1) is 14.0. The highest BCUT2D eigenvalue weighted by Gasteiger charge is 2.16. The predicted octanol–water partition coefficient (Wildman–Crippen LogP) is 4.27. The van der Waals surface area contributed by atoms with Gasteiger partial charge in [0.15, 0.2) is 0 Å². The normalized spacial score (nSPS) is 10.3. The lowest BCUT2D eigenvalue weighted by Crippen LogP contribution is -2.17. The summed E-state index contributed by atoms with van der Waals surface area (Å²) in [5.74, 6) is -0.637. The number of hydrogen-bond acceptors (Lipinski definition) is 6. The highest BCUT2D eigenvalue weighted by atomic mass is 16.5. The van der Waals surface area contributed by atoms with Gasteiger partial charge in [-0.25, -0.2) is 14.8 Å². The van der Waals surface area contributed by atoms with Crippen molar-refractivity contribution in [1.29, 1.82) is 0 Å². The number of benzene rings is 2. The van der Waals surface area contributed by atoms with Crippen molar-refractivity contribution in [2.45, 2.75) is 20.8 Å². The minimum absolute atomic E-state index is 0.173. The summed E-state index contributed by atoms with van der Waals surface area (Å²) in [5, 5.41) is 5.86. The van der Waals surface area contributed by atoms with Crippen LogP contribution in [0, 0.1) is 13.8 Å². The molecule has 0 aliphatic heterocycles. The molecule has 0 radical (unpaired) electrons. The van der Waals surface area contributed by atoms with Crippen LogP contribution in [0.2, 0.25) is 0 Å². The molecule has 0 saturated heterocycles. The first-order valence-electron chi connectivity index (χ1n) is 9.22. The van der Waals surface area contributed by atoms with Gasteiger partial charge in [0.2, 0.25) is 5.95 Å². The number of esters is 1. The van der Waals surface area contributed by atoms with Crippen molar-refractivity contribution < 1.29 is 14.3 Å². The molecule has 1 aromatic heterocycles. The minimum atomic E-state index is -0.497. The fraction of sp³-hybridized carbons (Fsp3) is 0.182. The predicted molar refractivity (Wildman–Crippen MR) is 112 cm³/mol. The molecule has 0 fully saturated rings. The van der Waals surface area contributed by atoms with Gasteiger partial charge in [-0.15, -0.1) is 0 Å². The van der Waals surface area contributed by atoms with Crippen molar-refractivity contribution in [1.82, 2.24) is 9.97 Å². The van der Waals surface area contributed by atoms with Crippen LogP contribution in [-0.2, 0) is 4.74 Å². The molecule has 0 atom stereocenters. The second-order valence-electron chi connectivity index (χ2n) is 6.43. The van der Waals surface area contributed by atoms with E-state index in [1.54, 1.807) is 31.2 Å². The summed E-state index contributed by atoms with van der Waals surface area (Å²) in [4.78, 5) is 33.3. The lowest BCUT2D eigenvalue weighted by molar-refractivity contribution is 0.0527. The van der Waals surface area contributed by atoms with Gasteiger partial charge in [-0.05, 0) is 56.2 Å². The average molecular weight is 390 g/mol. The van der Waals surface area contributed by atoms with Crippen LogP contribution in [0.25, 0.3) is 0 Å². The molecular formula is C22H22N4O3. The van der Waals surface area contributed by atoms with Crippen molar-refractivity contribution in [3.05, 3.63) is 77.1 Å². The molecule has 1 amide bonds. The Labute approximate surface area is 169 Å². The largest absolute Gasteiger partial charge is 0.462 e. The van der Waals surface area contributed by atoms with E-state index in [4.69, 9.17) is 4.74 Å². The number of amides is 1. The van der Waals surface area contributed by atoms with Crippen LogP contribution in [0.15, 0.2) is 54.7 Å². The summed E-state index contributed by atoms with van der Waals surface area (Å²) in [5.41, 5.74) is 3.82. The highest BCUT2D eigenvalue weighted by molar-refractivity contribution is 6.07. The third-order valence-electron chi connectivity index (χ3n) is 4.20. The molecule has 0 bridgehead atoms. The van der Waals surface area contributed by atoms with Crippen molar-refractivity contribution in [3.8, 4) is 0 Å². The molecule has 0 unspecified atom stereocenters. The summed E-state index contributed by atoms with van der Waals surface area (Å²) in [6.45, 7) is 5.95. The van der Waals surface area contributed by atoms with Crippen molar-refractivity contribution in [2.75, 3.05) is 17.2 Å². The van der Waals surface area contributed by atoms with Crippen LogP contribution in [0.3, 0.4) is 0 Å². The minimum Gasteiger partial charge on any atom is -0.462 e. The number of carbonyl (C=O) groups is 2. The third kappa shape index (κ3) is 4.95. The summed E-state index contributed by atoms with van der Waals surface area (Å²) >= 11 is 0. The first kappa shape index (κ1) is 20.0. The number of carbonyl (C=O) groups excluding carboxylic acids is 2. The van der Waals surface area contributed by atoms with Gasteiger partial charge >= 0.3 is 5.97 Å². The van der Waals surface area contributed by atoms with Gasteiger partial charge in [-0.1, -0.05) is 24.3 Å². The number of aryl methyl sites for hydroxylation is 2. The highest BCUT2D eigenvalue weighted by Crippen LogP contribution is 2.20. The number of rotatable bonds is 6. The fourth-order valence-corrected chi connectivity index (χ4v) is 2.70. The van der Waals surface area contributed by atoms with E-state index in [0.717, 1.165) is 16.8 Å². The topological polar surface area (TPSA) is 93.2 Å². The van der Waals surface area contributed by atoms with Crippen LogP contribution in [0.1, 0.15) is 38.9 Å². The SMILES string of the molecule is CCOC(=O)c1ccccc1NC(=O)c1ccnc(Nc2cc(C)ccc2C)n1.